The highest BCUT2D eigenvalue weighted by atomic mass is 32.2. The van der Waals surface area contributed by atoms with Crippen molar-refractivity contribution in [3.8, 4) is 0 Å². The quantitative estimate of drug-likeness (QED) is 0.612. The SMILES string of the molecule is Cc1ccc(S(=O)(=O)N[C@@H](c2ccc(F)cc2)[Si](C)(C)c2ccccc2)cc1. The minimum Gasteiger partial charge on any atom is -0.207 e. The lowest BCUT2D eigenvalue weighted by Gasteiger charge is -2.34. The van der Waals surface area contributed by atoms with Crippen molar-refractivity contribution in [1.82, 2.24) is 4.72 Å². The lowest BCUT2D eigenvalue weighted by atomic mass is 10.2. The van der Waals surface area contributed by atoms with E-state index in [0.717, 1.165) is 16.3 Å². The molecule has 0 radical (unpaired) electrons. The molecule has 0 saturated heterocycles. The van der Waals surface area contributed by atoms with Gasteiger partial charge in [0.25, 0.3) is 0 Å². The third-order valence-corrected chi connectivity index (χ3v) is 10.4. The van der Waals surface area contributed by atoms with Crippen LogP contribution in [0.15, 0.2) is 83.8 Å². The lowest BCUT2D eigenvalue weighted by Crippen LogP contribution is -2.54. The molecule has 0 amide bonds. The summed E-state index contributed by atoms with van der Waals surface area (Å²) in [5, 5.41) is 1.12. The molecule has 0 aliphatic carbocycles. The molecule has 0 spiro atoms. The summed E-state index contributed by atoms with van der Waals surface area (Å²) in [6, 6.07) is 22.8. The topological polar surface area (TPSA) is 46.2 Å². The fraction of sp³-hybridized carbons (Fsp3) is 0.182. The van der Waals surface area contributed by atoms with Crippen LogP contribution in [0.4, 0.5) is 4.39 Å². The van der Waals surface area contributed by atoms with Crippen molar-refractivity contribution in [1.29, 1.82) is 0 Å². The smallest absolute Gasteiger partial charge is 0.207 e. The van der Waals surface area contributed by atoms with Crippen LogP contribution >= 0.6 is 0 Å². The van der Waals surface area contributed by atoms with Crippen LogP contribution < -0.4 is 9.91 Å². The van der Waals surface area contributed by atoms with Gasteiger partial charge in [-0.15, -0.1) is 0 Å². The molecule has 0 bridgehead atoms. The van der Waals surface area contributed by atoms with Crippen LogP contribution in [0.3, 0.4) is 0 Å². The van der Waals surface area contributed by atoms with Gasteiger partial charge >= 0.3 is 0 Å². The second-order valence-corrected chi connectivity index (χ2v) is 13.8. The molecule has 0 saturated carbocycles. The molecular weight excluding hydrogens is 389 g/mol. The molecule has 0 fully saturated rings. The first kappa shape index (κ1) is 20.5. The maximum absolute atomic E-state index is 13.5. The molecule has 0 aromatic heterocycles. The molecule has 3 aromatic carbocycles. The Morgan fingerprint density at radius 1 is 0.857 bits per heavy atom. The monoisotopic (exact) mass is 413 g/mol. The standard InChI is InChI=1S/C22H24FNO2SSi/c1-17-9-15-20(16-10-17)27(25,26)24-22(18-11-13-19(23)14-12-18)28(2,3)21-7-5-4-6-8-21/h4-16,22,24H,1-3H3/t22-/m1/s1. The molecule has 3 rings (SSSR count). The van der Waals surface area contributed by atoms with Crippen molar-refractivity contribution in [3.63, 3.8) is 0 Å². The summed E-state index contributed by atoms with van der Waals surface area (Å²) in [5.41, 5.74) is 1.31. The molecule has 0 aliphatic rings. The second kappa shape index (κ2) is 7.99. The van der Waals surface area contributed by atoms with Gasteiger partial charge in [0, 0.05) is 5.67 Å². The molecule has 6 heteroatoms. The Morgan fingerprint density at radius 3 is 2.00 bits per heavy atom. The number of aryl methyl sites for hydroxylation is 1. The van der Waals surface area contributed by atoms with Crippen LogP contribution in [0.2, 0.25) is 13.1 Å². The van der Waals surface area contributed by atoms with Crippen molar-refractivity contribution in [2.24, 2.45) is 0 Å². The zero-order valence-corrected chi connectivity index (χ0v) is 18.0. The summed E-state index contributed by atoms with van der Waals surface area (Å²) < 4.78 is 42.6. The van der Waals surface area contributed by atoms with Crippen LogP contribution in [-0.4, -0.2) is 16.5 Å². The van der Waals surface area contributed by atoms with Gasteiger partial charge in [-0.05, 0) is 36.8 Å². The van der Waals surface area contributed by atoms with Crippen LogP contribution in [0, 0.1) is 12.7 Å². The fourth-order valence-corrected chi connectivity index (χ4v) is 8.39. The summed E-state index contributed by atoms with van der Waals surface area (Å²) in [5.74, 6) is -0.344. The molecule has 146 valence electrons. The first-order valence-electron chi connectivity index (χ1n) is 9.10. The molecule has 3 aromatic rings. The van der Waals surface area contributed by atoms with E-state index in [-0.39, 0.29) is 10.7 Å². The minimum atomic E-state index is -3.73. The van der Waals surface area contributed by atoms with Crippen LogP contribution in [0.1, 0.15) is 16.8 Å². The number of halogens is 1. The van der Waals surface area contributed by atoms with E-state index in [4.69, 9.17) is 0 Å². The summed E-state index contributed by atoms with van der Waals surface area (Å²) in [4.78, 5) is 0.225. The van der Waals surface area contributed by atoms with E-state index < -0.39 is 23.8 Å². The van der Waals surface area contributed by atoms with Gasteiger partial charge < -0.3 is 0 Å². The summed E-state index contributed by atoms with van der Waals surface area (Å²) >= 11 is 0. The van der Waals surface area contributed by atoms with Crippen molar-refractivity contribution < 1.29 is 12.8 Å². The Hall–Kier alpha value is -2.28. The molecule has 28 heavy (non-hydrogen) atoms. The first-order chi connectivity index (χ1) is 13.2. The van der Waals surface area contributed by atoms with Crippen LogP contribution in [0.5, 0.6) is 0 Å². The molecule has 3 nitrogen and oxygen atoms in total. The van der Waals surface area contributed by atoms with Crippen molar-refractivity contribution in [2.45, 2.75) is 30.6 Å². The zero-order chi connectivity index (χ0) is 20.4. The predicted molar refractivity (Wildman–Crippen MR) is 114 cm³/mol. The molecule has 0 heterocycles. The highest BCUT2D eigenvalue weighted by Crippen LogP contribution is 2.27. The van der Waals surface area contributed by atoms with E-state index in [1.807, 2.05) is 37.3 Å². The van der Waals surface area contributed by atoms with Gasteiger partial charge in [-0.25, -0.2) is 17.5 Å². The average molecular weight is 414 g/mol. The third kappa shape index (κ3) is 4.40. The average Bonchev–Trinajstić information content (AvgIpc) is 2.68. The number of hydrogen-bond donors (Lipinski definition) is 1. The summed E-state index contributed by atoms with van der Waals surface area (Å²) in [6.45, 7) is 6.15. The molecule has 0 aliphatic heterocycles. The summed E-state index contributed by atoms with van der Waals surface area (Å²) in [6.07, 6.45) is 0. The van der Waals surface area contributed by atoms with E-state index in [1.54, 1.807) is 36.4 Å². The molecule has 1 atom stereocenters. The van der Waals surface area contributed by atoms with Gasteiger partial charge in [-0.1, -0.05) is 78.4 Å². The van der Waals surface area contributed by atoms with E-state index in [0.29, 0.717) is 0 Å². The second-order valence-electron chi connectivity index (χ2n) is 7.51. The third-order valence-electron chi connectivity index (χ3n) is 5.05. The van der Waals surface area contributed by atoms with E-state index in [2.05, 4.69) is 17.8 Å². The molecular formula is C22H24FNO2SSi. The maximum Gasteiger partial charge on any atom is 0.240 e. The Bertz CT molecular complexity index is 1030. The van der Waals surface area contributed by atoms with Gasteiger partial charge in [-0.2, -0.15) is 0 Å². The van der Waals surface area contributed by atoms with Gasteiger partial charge in [0.05, 0.1) is 4.90 Å². The number of sulfonamides is 1. The fourth-order valence-electron chi connectivity index (χ4n) is 3.26. The van der Waals surface area contributed by atoms with Crippen molar-refractivity contribution in [2.75, 3.05) is 0 Å². The highest BCUT2D eigenvalue weighted by Gasteiger charge is 2.37. The van der Waals surface area contributed by atoms with E-state index >= 15 is 0 Å². The van der Waals surface area contributed by atoms with Gasteiger partial charge in [0.15, 0.2) is 0 Å². The first-order valence-corrected chi connectivity index (χ1v) is 13.7. The largest absolute Gasteiger partial charge is 0.240 e. The van der Waals surface area contributed by atoms with Crippen molar-refractivity contribution >= 4 is 23.3 Å². The normalized spacial score (nSPS) is 13.3. The highest BCUT2D eigenvalue weighted by molar-refractivity contribution is 7.89. The predicted octanol–water partition coefficient (Wildman–Crippen LogP) is 4.31. The van der Waals surface area contributed by atoms with E-state index in [1.165, 1.54) is 12.1 Å². The Morgan fingerprint density at radius 2 is 1.43 bits per heavy atom. The van der Waals surface area contributed by atoms with Crippen LogP contribution in [-0.2, 0) is 10.0 Å². The lowest BCUT2D eigenvalue weighted by molar-refractivity contribution is 0.577. The minimum absolute atomic E-state index is 0.225. The van der Waals surface area contributed by atoms with Crippen molar-refractivity contribution in [3.05, 3.63) is 95.8 Å². The molecule has 0 unspecified atom stereocenters. The Balaban J connectivity index is 2.06. The van der Waals surface area contributed by atoms with Gasteiger partial charge in [-0.3, -0.25) is 0 Å². The number of nitrogens with one attached hydrogen (secondary N) is 1. The number of benzene rings is 3. The number of hydrogen-bond acceptors (Lipinski definition) is 2. The number of rotatable bonds is 6. The summed E-state index contributed by atoms with van der Waals surface area (Å²) in [7, 11) is -6.07. The maximum atomic E-state index is 13.5. The van der Waals surface area contributed by atoms with E-state index in [9.17, 15) is 12.8 Å². The Labute approximate surface area is 167 Å². The van der Waals surface area contributed by atoms with Gasteiger partial charge in [0.2, 0.25) is 10.0 Å². The molecule has 1 N–H and O–H groups in total. The van der Waals surface area contributed by atoms with Gasteiger partial charge in [0.1, 0.15) is 13.9 Å². The van der Waals surface area contributed by atoms with Crippen LogP contribution in [0.25, 0.3) is 0 Å². The Kier molecular flexibility index (Phi) is 5.84. The zero-order valence-electron chi connectivity index (χ0n) is 16.2.